The molecule has 0 aliphatic carbocycles. The molecule has 0 aliphatic heterocycles. The lowest BCUT2D eigenvalue weighted by Gasteiger charge is -2.36. The zero-order valence-electron chi connectivity index (χ0n) is 20.9. The van der Waals surface area contributed by atoms with Gasteiger partial charge in [-0.2, -0.15) is 10.4 Å². The van der Waals surface area contributed by atoms with Crippen LogP contribution in [0.5, 0.6) is 0 Å². The van der Waals surface area contributed by atoms with Crippen LogP contribution in [0.25, 0.3) is 23.2 Å². The summed E-state index contributed by atoms with van der Waals surface area (Å²) < 4.78 is 15.9. The minimum absolute atomic E-state index is 0.298. The van der Waals surface area contributed by atoms with Crippen LogP contribution in [0.3, 0.4) is 0 Å². The number of pyridine rings is 1. The molecule has 0 fully saturated rings. The molecule has 0 bridgehead atoms. The fraction of sp³-hybridized carbons (Fsp3) is 0.0294. The van der Waals surface area contributed by atoms with Crippen LogP contribution in [0, 0.1) is 17.1 Å². The Labute approximate surface area is 225 Å². The van der Waals surface area contributed by atoms with Gasteiger partial charge in [0.15, 0.2) is 0 Å². The van der Waals surface area contributed by atoms with E-state index in [-0.39, 0.29) is 5.82 Å². The second-order valence-corrected chi connectivity index (χ2v) is 9.17. The van der Waals surface area contributed by atoms with E-state index >= 15 is 0 Å². The maximum absolute atomic E-state index is 13.9. The van der Waals surface area contributed by atoms with Crippen LogP contribution in [0.15, 0.2) is 127 Å². The Bertz CT molecular complexity index is 1720. The Hall–Kier alpha value is -5.34. The number of benzene rings is 4. The quantitative estimate of drug-likeness (QED) is 0.220. The van der Waals surface area contributed by atoms with Crippen LogP contribution < -0.4 is 0 Å². The third kappa shape index (κ3) is 4.28. The summed E-state index contributed by atoms with van der Waals surface area (Å²) in [5.74, 6) is -0.311. The Morgan fingerprint density at radius 3 is 1.82 bits per heavy atom. The summed E-state index contributed by atoms with van der Waals surface area (Å²) in [7, 11) is 0. The minimum Gasteiger partial charge on any atom is -0.243 e. The molecule has 0 N–H and O–H groups in total. The molecule has 0 unspecified atom stereocenters. The summed E-state index contributed by atoms with van der Waals surface area (Å²) in [5, 5.41) is 14.8. The lowest BCUT2D eigenvalue weighted by molar-refractivity contribution is 0.475. The maximum Gasteiger partial charge on any atom is 0.141 e. The van der Waals surface area contributed by atoms with Crippen molar-refractivity contribution < 1.29 is 4.39 Å². The molecular weight excluding hydrogens is 483 g/mol. The third-order valence-corrected chi connectivity index (χ3v) is 6.84. The monoisotopic (exact) mass is 506 g/mol. The van der Waals surface area contributed by atoms with Gasteiger partial charge in [0.1, 0.15) is 34.3 Å². The molecule has 6 rings (SSSR count). The number of fused-ring (bicyclic) bond motifs is 1. The first-order chi connectivity index (χ1) is 19.2. The first-order valence-electron chi connectivity index (χ1n) is 12.6. The van der Waals surface area contributed by atoms with Gasteiger partial charge in [-0.1, -0.05) is 109 Å². The smallest absolute Gasteiger partial charge is 0.141 e. The molecule has 4 nitrogen and oxygen atoms in total. The van der Waals surface area contributed by atoms with Crippen molar-refractivity contribution in [3.8, 4) is 6.07 Å². The highest BCUT2D eigenvalue weighted by atomic mass is 19.1. The number of nitriles is 1. The summed E-state index contributed by atoms with van der Waals surface area (Å²) in [4.78, 5) is 4.67. The Balaban J connectivity index is 1.71. The molecule has 0 spiro atoms. The highest BCUT2D eigenvalue weighted by Crippen LogP contribution is 2.42. The number of rotatable bonds is 6. The van der Waals surface area contributed by atoms with Crippen LogP contribution in [0.4, 0.5) is 4.39 Å². The van der Waals surface area contributed by atoms with Gasteiger partial charge in [0.2, 0.25) is 0 Å². The molecular formula is C34H23FN4. The second-order valence-electron chi connectivity index (χ2n) is 9.17. The van der Waals surface area contributed by atoms with E-state index in [4.69, 9.17) is 5.10 Å². The summed E-state index contributed by atoms with van der Waals surface area (Å²) in [6, 6.07) is 42.9. The molecule has 0 saturated heterocycles. The van der Waals surface area contributed by atoms with E-state index in [1.54, 1.807) is 12.1 Å². The summed E-state index contributed by atoms with van der Waals surface area (Å²) in [6.07, 6.45) is 3.64. The van der Waals surface area contributed by atoms with Gasteiger partial charge in [0, 0.05) is 0 Å². The number of aromatic nitrogens is 3. The minimum atomic E-state index is -0.844. The predicted molar refractivity (Wildman–Crippen MR) is 152 cm³/mol. The van der Waals surface area contributed by atoms with Crippen LogP contribution >= 0.6 is 0 Å². The summed E-state index contributed by atoms with van der Waals surface area (Å²) in [6.45, 7) is 0. The average Bonchev–Trinajstić information content (AvgIpc) is 3.36. The number of hydrogen-bond acceptors (Lipinski definition) is 3. The van der Waals surface area contributed by atoms with Gasteiger partial charge in [-0.05, 0) is 52.6 Å². The van der Waals surface area contributed by atoms with E-state index < -0.39 is 5.54 Å². The van der Waals surface area contributed by atoms with E-state index in [1.807, 2.05) is 83.6 Å². The van der Waals surface area contributed by atoms with Gasteiger partial charge in [-0.3, -0.25) is 0 Å². The van der Waals surface area contributed by atoms with Gasteiger partial charge >= 0.3 is 0 Å². The number of halogens is 1. The number of hydrogen-bond donors (Lipinski definition) is 0. The molecule has 0 saturated carbocycles. The van der Waals surface area contributed by atoms with Crippen molar-refractivity contribution in [3.63, 3.8) is 0 Å². The zero-order chi connectivity index (χ0) is 26.7. The lowest BCUT2D eigenvalue weighted by Crippen LogP contribution is -2.38. The SMILES string of the molecule is N#Cc1ccc2c(n1)c(C=Cc1cccc(F)c1)nn2C(c1ccccc1)(c1ccccc1)c1ccccc1. The lowest BCUT2D eigenvalue weighted by atomic mass is 9.77. The Morgan fingerprint density at radius 1 is 0.692 bits per heavy atom. The van der Waals surface area contributed by atoms with E-state index in [0.717, 1.165) is 22.2 Å². The van der Waals surface area contributed by atoms with E-state index in [9.17, 15) is 9.65 Å². The van der Waals surface area contributed by atoms with Crippen LogP contribution in [0.2, 0.25) is 0 Å². The van der Waals surface area contributed by atoms with Gasteiger partial charge in [0.05, 0.1) is 5.52 Å². The second kappa shape index (κ2) is 10.2. The standard InChI is InChI=1S/C34H23FN4/c35-29-18-10-11-25(23-29)19-21-31-33-32(22-20-30(24-36)37-33)39(38-31)34(26-12-4-1-5-13-26,27-14-6-2-7-15-27)28-16-8-3-9-17-28/h1-23H. The topological polar surface area (TPSA) is 54.5 Å². The molecule has 0 amide bonds. The van der Waals surface area contributed by atoms with E-state index in [0.29, 0.717) is 22.5 Å². The van der Waals surface area contributed by atoms with E-state index in [1.165, 1.54) is 12.1 Å². The van der Waals surface area contributed by atoms with Crippen LogP contribution in [0.1, 0.15) is 33.6 Å². The van der Waals surface area contributed by atoms with E-state index in [2.05, 4.69) is 47.5 Å². The van der Waals surface area contributed by atoms with Crippen molar-refractivity contribution >= 4 is 23.2 Å². The summed E-state index contributed by atoms with van der Waals surface area (Å²) in [5.41, 5.74) is 5.17. The number of nitrogens with zero attached hydrogens (tertiary/aromatic N) is 4. The van der Waals surface area contributed by atoms with Crippen molar-refractivity contribution in [1.29, 1.82) is 5.26 Å². The van der Waals surface area contributed by atoms with Crippen molar-refractivity contribution in [1.82, 2.24) is 14.8 Å². The Kier molecular flexibility index (Phi) is 6.28. The van der Waals surface area contributed by atoms with Crippen LogP contribution in [-0.2, 0) is 5.54 Å². The molecule has 2 heterocycles. The molecule has 0 atom stereocenters. The predicted octanol–water partition coefficient (Wildman–Crippen LogP) is 7.45. The van der Waals surface area contributed by atoms with Crippen molar-refractivity contribution in [2.24, 2.45) is 0 Å². The Morgan fingerprint density at radius 2 is 1.28 bits per heavy atom. The summed E-state index contributed by atoms with van der Waals surface area (Å²) >= 11 is 0. The molecule has 6 aromatic rings. The fourth-order valence-electron chi connectivity index (χ4n) is 5.14. The van der Waals surface area contributed by atoms with Crippen molar-refractivity contribution in [3.05, 3.63) is 167 Å². The zero-order valence-corrected chi connectivity index (χ0v) is 20.9. The van der Waals surface area contributed by atoms with Crippen molar-refractivity contribution in [2.45, 2.75) is 5.54 Å². The van der Waals surface area contributed by atoms with Crippen LogP contribution in [-0.4, -0.2) is 14.8 Å². The third-order valence-electron chi connectivity index (χ3n) is 6.84. The fourth-order valence-corrected chi connectivity index (χ4v) is 5.14. The molecule has 2 aromatic heterocycles. The molecule has 0 radical (unpaired) electrons. The molecule has 5 heteroatoms. The largest absolute Gasteiger partial charge is 0.243 e. The molecule has 4 aromatic carbocycles. The molecule has 0 aliphatic rings. The maximum atomic E-state index is 13.9. The molecule has 186 valence electrons. The van der Waals surface area contributed by atoms with Gasteiger partial charge in [-0.15, -0.1) is 0 Å². The normalized spacial score (nSPS) is 11.6. The first kappa shape index (κ1) is 24.0. The van der Waals surface area contributed by atoms with Gasteiger partial charge in [0.25, 0.3) is 0 Å². The highest BCUT2D eigenvalue weighted by Gasteiger charge is 2.40. The van der Waals surface area contributed by atoms with Gasteiger partial charge in [-0.25, -0.2) is 14.1 Å². The highest BCUT2D eigenvalue weighted by molar-refractivity contribution is 5.88. The first-order valence-corrected chi connectivity index (χ1v) is 12.6. The molecule has 39 heavy (non-hydrogen) atoms. The van der Waals surface area contributed by atoms with Gasteiger partial charge < -0.3 is 0 Å². The van der Waals surface area contributed by atoms with Crippen molar-refractivity contribution in [2.75, 3.05) is 0 Å². The average molecular weight is 507 g/mol.